The zero-order chi connectivity index (χ0) is 46.9. The largest absolute Gasteiger partial charge is 0.478 e. The number of aromatic nitrogens is 4. The number of ether oxygens (including phenoxy) is 1. The Morgan fingerprint density at radius 1 is 0.688 bits per heavy atom. The first-order valence-electron chi connectivity index (χ1n) is 19.3. The molecule has 0 spiro atoms. The fourth-order valence-corrected chi connectivity index (χ4v) is 7.20. The number of nitro groups is 2. The van der Waals surface area contributed by atoms with Gasteiger partial charge < -0.3 is 41.1 Å². The first kappa shape index (κ1) is 48.4. The summed E-state index contributed by atoms with van der Waals surface area (Å²) in [5, 5.41) is 39.0. The maximum absolute atomic E-state index is 12.9. The molecule has 0 aliphatic heterocycles. The van der Waals surface area contributed by atoms with Crippen molar-refractivity contribution >= 4 is 93.0 Å². The average Bonchev–Trinajstić information content (AvgIpc) is 3.83. The highest BCUT2D eigenvalue weighted by Gasteiger charge is 2.24. The van der Waals surface area contributed by atoms with Crippen molar-refractivity contribution in [1.29, 1.82) is 0 Å². The van der Waals surface area contributed by atoms with E-state index in [2.05, 4.69) is 20.6 Å². The molecule has 0 fully saturated rings. The number of esters is 1. The van der Waals surface area contributed by atoms with E-state index in [9.17, 15) is 34.9 Å². The van der Waals surface area contributed by atoms with Crippen LogP contribution in [0.3, 0.4) is 0 Å². The highest BCUT2D eigenvalue weighted by Crippen LogP contribution is 2.35. The van der Waals surface area contributed by atoms with E-state index in [1.807, 2.05) is 31.5 Å². The third-order valence-corrected chi connectivity index (χ3v) is 10.1. The monoisotopic (exact) mass is 954 g/mol. The van der Waals surface area contributed by atoms with Gasteiger partial charge in [-0.1, -0.05) is 58.5 Å². The van der Waals surface area contributed by atoms with Crippen LogP contribution in [0.5, 0.6) is 0 Å². The van der Waals surface area contributed by atoms with E-state index in [1.54, 1.807) is 59.6 Å². The van der Waals surface area contributed by atoms with E-state index in [0.717, 1.165) is 0 Å². The number of halogens is 4. The number of carbonyl (C=O) groups excluding carboxylic acids is 1. The molecule has 0 atom stereocenters. The van der Waals surface area contributed by atoms with Crippen LogP contribution in [0.4, 0.5) is 34.6 Å². The fourth-order valence-electron chi connectivity index (χ4n) is 6.18. The minimum Gasteiger partial charge on any atom is -0.478 e. The second-order valence-corrected chi connectivity index (χ2v) is 16.7. The number of nitrogens with two attached hydrogens (primary N) is 2. The van der Waals surface area contributed by atoms with Gasteiger partial charge in [-0.2, -0.15) is 0 Å². The number of rotatable bonds is 16. The summed E-state index contributed by atoms with van der Waals surface area (Å²) in [7, 11) is 0. The topological polar surface area (TPSA) is 262 Å². The lowest BCUT2D eigenvalue weighted by molar-refractivity contribution is -0.384. The minimum atomic E-state index is -1.06. The SMILES string of the molecule is CC(C)(C)OC(=O)c1cn(CCCNc2ccc([N+](=O)[O-])c(N)n2)cc1-c1ccc(Cl)cc1Cl.Nc1nc(NCCCn2cc(C(=O)O)c(-c3ccc(Cl)cc3Cl)c2)ccc1[N+](=O)[O-]. The van der Waals surface area contributed by atoms with Crippen molar-refractivity contribution in [3.05, 3.63) is 137 Å². The van der Waals surface area contributed by atoms with Crippen LogP contribution in [-0.2, 0) is 17.8 Å². The summed E-state index contributed by atoms with van der Waals surface area (Å²) in [6.45, 7) is 7.56. The Morgan fingerprint density at radius 3 is 1.48 bits per heavy atom. The zero-order valence-electron chi connectivity index (χ0n) is 34.5. The number of nitrogens with zero attached hydrogens (tertiary/aromatic N) is 6. The third kappa shape index (κ3) is 13.0. The molecule has 0 saturated heterocycles. The Morgan fingerprint density at radius 2 is 1.11 bits per heavy atom. The molecule has 22 heteroatoms. The van der Waals surface area contributed by atoms with Gasteiger partial charge in [0, 0.05) is 105 Å². The van der Waals surface area contributed by atoms with E-state index in [-0.39, 0.29) is 28.6 Å². The normalized spacial score (nSPS) is 11.0. The Balaban J connectivity index is 0.000000243. The molecule has 336 valence electrons. The number of nitrogens with one attached hydrogen (secondary N) is 2. The number of hydrogen-bond acceptors (Lipinski definition) is 13. The van der Waals surface area contributed by atoms with Gasteiger partial charge in [-0.05, 0) is 70.0 Å². The van der Waals surface area contributed by atoms with Crippen LogP contribution < -0.4 is 22.1 Å². The Hall–Kier alpha value is -6.60. The number of benzene rings is 2. The van der Waals surface area contributed by atoms with Gasteiger partial charge in [0.2, 0.25) is 11.6 Å². The van der Waals surface area contributed by atoms with E-state index < -0.39 is 27.4 Å². The van der Waals surface area contributed by atoms with Crippen LogP contribution in [0.2, 0.25) is 20.1 Å². The smallest absolute Gasteiger partial charge is 0.340 e. The molecule has 0 unspecified atom stereocenters. The van der Waals surface area contributed by atoms with Crippen LogP contribution in [-0.4, -0.2) is 64.7 Å². The summed E-state index contributed by atoms with van der Waals surface area (Å²) in [5.41, 5.74) is 13.0. The summed E-state index contributed by atoms with van der Waals surface area (Å²) >= 11 is 24.6. The van der Waals surface area contributed by atoms with Crippen molar-refractivity contribution in [3.63, 3.8) is 0 Å². The lowest BCUT2D eigenvalue weighted by Gasteiger charge is -2.19. The number of carboxylic acid groups (broad SMARTS) is 1. The number of aryl methyl sites for hydroxylation is 2. The molecule has 18 nitrogen and oxygen atoms in total. The van der Waals surface area contributed by atoms with E-state index in [4.69, 9.17) is 62.6 Å². The lowest BCUT2D eigenvalue weighted by Crippen LogP contribution is -2.24. The van der Waals surface area contributed by atoms with E-state index in [0.29, 0.717) is 98.6 Å². The van der Waals surface area contributed by atoms with Crippen molar-refractivity contribution in [3.8, 4) is 22.3 Å². The number of carboxylic acids is 1. The lowest BCUT2D eigenvalue weighted by atomic mass is 10.0. The first-order valence-corrected chi connectivity index (χ1v) is 20.8. The number of hydrogen-bond donors (Lipinski definition) is 5. The van der Waals surface area contributed by atoms with Crippen LogP contribution in [0.1, 0.15) is 54.3 Å². The summed E-state index contributed by atoms with van der Waals surface area (Å²) in [6.07, 6.45) is 8.16. The summed E-state index contributed by atoms with van der Waals surface area (Å²) < 4.78 is 9.24. The quantitative estimate of drug-likeness (QED) is 0.0262. The van der Waals surface area contributed by atoms with Crippen molar-refractivity contribution in [2.24, 2.45) is 0 Å². The molecule has 64 heavy (non-hydrogen) atoms. The Labute approximate surface area is 386 Å². The molecule has 6 aromatic rings. The maximum atomic E-state index is 12.9. The number of pyridine rings is 2. The molecule has 0 aliphatic carbocycles. The molecule has 0 radical (unpaired) electrons. The molecule has 6 rings (SSSR count). The molecule has 0 amide bonds. The molecule has 0 bridgehead atoms. The summed E-state index contributed by atoms with van der Waals surface area (Å²) in [6, 6.07) is 15.6. The molecule has 2 aromatic carbocycles. The molecular formula is C42H42Cl4N10O8. The molecule has 0 aliphatic rings. The third-order valence-electron chi connectivity index (χ3n) is 9.05. The fraction of sp³-hybridized carbons (Fsp3) is 0.238. The molecule has 0 saturated carbocycles. The van der Waals surface area contributed by atoms with Gasteiger partial charge in [-0.3, -0.25) is 20.2 Å². The minimum absolute atomic E-state index is 0.136. The second kappa shape index (κ2) is 21.2. The van der Waals surface area contributed by atoms with E-state index >= 15 is 0 Å². The van der Waals surface area contributed by atoms with E-state index in [1.165, 1.54) is 24.3 Å². The van der Waals surface area contributed by atoms with Crippen molar-refractivity contribution in [1.82, 2.24) is 19.1 Å². The van der Waals surface area contributed by atoms with Gasteiger partial charge in [0.15, 0.2) is 0 Å². The van der Waals surface area contributed by atoms with Gasteiger partial charge in [-0.15, -0.1) is 0 Å². The van der Waals surface area contributed by atoms with Crippen LogP contribution in [0, 0.1) is 20.2 Å². The van der Waals surface area contributed by atoms with Gasteiger partial charge in [0.25, 0.3) is 0 Å². The standard InChI is InChI=1S/C23H25Cl2N5O4.C19H17Cl2N5O4/c1-23(2,3)34-22(31)17-13-29(12-16(17)15-6-5-14(24)11-18(15)25)10-4-9-27-20-8-7-19(30(32)33)21(26)28-20;20-11-2-3-12(15(21)8-11)13-9-25(10-14(13)19(27)28)7-1-6-23-17-5-4-16(26(29)30)18(22)24-17/h5-8,11-13H,4,9-10H2,1-3H3,(H3,26,27,28);2-5,8-10H,1,6-7H2,(H,27,28)(H3,22,23,24). The number of carbonyl (C=O) groups is 2. The predicted octanol–water partition coefficient (Wildman–Crippen LogP) is 10.4. The maximum Gasteiger partial charge on any atom is 0.340 e. The second-order valence-electron chi connectivity index (χ2n) is 15.0. The number of nitrogen functional groups attached to an aromatic ring is 2. The molecule has 4 heterocycles. The summed E-state index contributed by atoms with van der Waals surface area (Å²) in [5.74, 6) is -0.948. The number of aromatic carboxylic acids is 1. The van der Waals surface area contributed by atoms with Crippen LogP contribution >= 0.6 is 46.4 Å². The van der Waals surface area contributed by atoms with Crippen molar-refractivity contribution in [2.75, 3.05) is 35.2 Å². The Kier molecular flexibility index (Phi) is 16.0. The predicted molar refractivity (Wildman–Crippen MR) is 249 cm³/mol. The number of anilines is 4. The van der Waals surface area contributed by atoms with Crippen molar-refractivity contribution in [2.45, 2.75) is 52.3 Å². The molecule has 4 aromatic heterocycles. The molecular weight excluding hydrogens is 914 g/mol. The highest BCUT2D eigenvalue weighted by atomic mass is 35.5. The summed E-state index contributed by atoms with van der Waals surface area (Å²) in [4.78, 5) is 52.9. The highest BCUT2D eigenvalue weighted by molar-refractivity contribution is 6.37. The van der Waals surface area contributed by atoms with Crippen molar-refractivity contribution < 1.29 is 29.3 Å². The average molecular weight is 957 g/mol. The van der Waals surface area contributed by atoms with Gasteiger partial charge >= 0.3 is 23.3 Å². The van der Waals surface area contributed by atoms with Crippen LogP contribution in [0.25, 0.3) is 22.3 Å². The van der Waals surface area contributed by atoms with Crippen LogP contribution in [0.15, 0.2) is 85.5 Å². The molecule has 7 N–H and O–H groups in total. The van der Waals surface area contributed by atoms with Gasteiger partial charge in [-0.25, -0.2) is 19.6 Å². The Bertz CT molecular complexity index is 2700. The first-order chi connectivity index (χ1) is 30.2. The van der Waals surface area contributed by atoms with Gasteiger partial charge in [0.1, 0.15) is 17.2 Å². The zero-order valence-corrected chi connectivity index (χ0v) is 37.5. The van der Waals surface area contributed by atoms with Gasteiger partial charge in [0.05, 0.1) is 21.0 Å².